The van der Waals surface area contributed by atoms with E-state index in [2.05, 4.69) is 0 Å². The SMILES string of the molecule is O=[N+]([O-])c1ccccc1-c1c([N+](=O)[O-])cc([N+](=O)[O-])c(O)c1[N+](=O)[O-]. The molecule has 128 valence electrons. The third kappa shape index (κ3) is 2.88. The predicted molar refractivity (Wildman–Crippen MR) is 80.2 cm³/mol. The first kappa shape index (κ1) is 17.2. The highest BCUT2D eigenvalue weighted by atomic mass is 16.6. The second kappa shape index (κ2) is 6.15. The number of benzene rings is 2. The van der Waals surface area contributed by atoms with E-state index >= 15 is 0 Å². The smallest absolute Gasteiger partial charge is 0.333 e. The number of hydrogen-bond acceptors (Lipinski definition) is 9. The van der Waals surface area contributed by atoms with Crippen molar-refractivity contribution < 1.29 is 24.8 Å². The minimum Gasteiger partial charge on any atom is -0.497 e. The number of phenolic OH excluding ortho intramolecular Hbond substituents is 1. The van der Waals surface area contributed by atoms with E-state index in [1.54, 1.807) is 0 Å². The standard InChI is InChI=1S/C12H6N4O9/c17-12-9(15(22)23)5-8(14(20)21)10(11(12)16(24)25)6-3-1-2-4-7(6)13(18)19/h1-5,17H. The highest BCUT2D eigenvalue weighted by molar-refractivity contribution is 5.92. The van der Waals surface area contributed by atoms with Gasteiger partial charge in [0.1, 0.15) is 5.56 Å². The minimum atomic E-state index is -1.44. The lowest BCUT2D eigenvalue weighted by Crippen LogP contribution is -2.03. The van der Waals surface area contributed by atoms with E-state index in [-0.39, 0.29) is 0 Å². The molecule has 13 heteroatoms. The first-order chi connectivity index (χ1) is 11.7. The van der Waals surface area contributed by atoms with Crippen LogP contribution in [0.3, 0.4) is 0 Å². The summed E-state index contributed by atoms with van der Waals surface area (Å²) >= 11 is 0. The van der Waals surface area contributed by atoms with Gasteiger partial charge in [-0.05, 0) is 6.07 Å². The Morgan fingerprint density at radius 1 is 0.720 bits per heavy atom. The number of phenols is 1. The molecule has 0 spiro atoms. The molecule has 2 rings (SSSR count). The molecule has 13 nitrogen and oxygen atoms in total. The Balaban J connectivity index is 3.07. The zero-order valence-electron chi connectivity index (χ0n) is 11.9. The van der Waals surface area contributed by atoms with Crippen LogP contribution in [0.2, 0.25) is 0 Å². The van der Waals surface area contributed by atoms with Gasteiger partial charge in [-0.25, -0.2) is 0 Å². The molecular formula is C12H6N4O9. The number of hydrogen-bond donors (Lipinski definition) is 1. The van der Waals surface area contributed by atoms with Crippen LogP contribution >= 0.6 is 0 Å². The number of para-hydroxylation sites is 1. The van der Waals surface area contributed by atoms with Crippen molar-refractivity contribution in [2.75, 3.05) is 0 Å². The summed E-state index contributed by atoms with van der Waals surface area (Å²) in [4.78, 5) is 39.9. The Hall–Kier alpha value is -4.16. The van der Waals surface area contributed by atoms with Gasteiger partial charge in [-0.15, -0.1) is 0 Å². The third-order valence-electron chi connectivity index (χ3n) is 3.18. The average molecular weight is 350 g/mol. The van der Waals surface area contributed by atoms with Crippen LogP contribution in [0, 0.1) is 40.5 Å². The van der Waals surface area contributed by atoms with E-state index < -0.39 is 59.3 Å². The molecule has 2 aromatic carbocycles. The summed E-state index contributed by atoms with van der Waals surface area (Å²) < 4.78 is 0. The summed E-state index contributed by atoms with van der Waals surface area (Å²) in [5.41, 5.74) is -5.88. The molecule has 0 aliphatic rings. The molecule has 0 aromatic heterocycles. The van der Waals surface area contributed by atoms with Crippen molar-refractivity contribution in [3.8, 4) is 16.9 Å². The maximum Gasteiger partial charge on any atom is 0.333 e. The second-order valence-corrected chi connectivity index (χ2v) is 4.53. The van der Waals surface area contributed by atoms with Crippen LogP contribution in [0.1, 0.15) is 0 Å². The lowest BCUT2D eigenvalue weighted by Gasteiger charge is -2.07. The van der Waals surface area contributed by atoms with E-state index in [0.29, 0.717) is 6.07 Å². The van der Waals surface area contributed by atoms with Gasteiger partial charge in [0.05, 0.1) is 31.3 Å². The first-order valence-electron chi connectivity index (χ1n) is 6.23. The zero-order chi connectivity index (χ0) is 18.9. The van der Waals surface area contributed by atoms with Crippen molar-refractivity contribution in [3.63, 3.8) is 0 Å². The summed E-state index contributed by atoms with van der Waals surface area (Å²) in [5.74, 6) is -1.44. The molecule has 0 heterocycles. The predicted octanol–water partition coefficient (Wildman–Crippen LogP) is 2.69. The summed E-state index contributed by atoms with van der Waals surface area (Å²) in [6.07, 6.45) is 0. The molecule has 0 fully saturated rings. The molecule has 0 atom stereocenters. The zero-order valence-corrected chi connectivity index (χ0v) is 11.9. The summed E-state index contributed by atoms with van der Waals surface area (Å²) in [6, 6.07) is 4.72. The third-order valence-corrected chi connectivity index (χ3v) is 3.18. The monoisotopic (exact) mass is 350 g/mol. The Morgan fingerprint density at radius 2 is 1.24 bits per heavy atom. The van der Waals surface area contributed by atoms with E-state index in [0.717, 1.165) is 12.1 Å². The molecule has 0 aliphatic heterocycles. The molecule has 0 radical (unpaired) electrons. The average Bonchev–Trinajstić information content (AvgIpc) is 2.53. The maximum absolute atomic E-state index is 11.3. The molecule has 0 unspecified atom stereocenters. The molecule has 0 saturated carbocycles. The highest BCUT2D eigenvalue weighted by Crippen LogP contribution is 2.50. The van der Waals surface area contributed by atoms with Gasteiger partial charge in [-0.1, -0.05) is 12.1 Å². The largest absolute Gasteiger partial charge is 0.497 e. The molecular weight excluding hydrogens is 344 g/mol. The number of rotatable bonds is 5. The van der Waals surface area contributed by atoms with Crippen LogP contribution in [0.5, 0.6) is 5.75 Å². The molecule has 25 heavy (non-hydrogen) atoms. The van der Waals surface area contributed by atoms with E-state index in [9.17, 15) is 45.6 Å². The van der Waals surface area contributed by atoms with Gasteiger partial charge >= 0.3 is 11.4 Å². The Bertz CT molecular complexity index is 940. The minimum absolute atomic E-state index is 0.314. The van der Waals surface area contributed by atoms with Gasteiger partial charge in [0.15, 0.2) is 0 Å². The summed E-state index contributed by atoms with van der Waals surface area (Å²) in [7, 11) is 0. The summed E-state index contributed by atoms with van der Waals surface area (Å²) in [5, 5.41) is 54.4. The molecule has 0 aliphatic carbocycles. The molecule has 1 N–H and O–H groups in total. The Labute approximate surface area is 136 Å². The molecule has 0 saturated heterocycles. The van der Waals surface area contributed by atoms with Gasteiger partial charge in [0.2, 0.25) is 0 Å². The molecule has 0 bridgehead atoms. The van der Waals surface area contributed by atoms with Crippen LogP contribution in [-0.4, -0.2) is 24.8 Å². The Morgan fingerprint density at radius 3 is 1.72 bits per heavy atom. The normalized spacial score (nSPS) is 10.2. The number of nitro groups is 4. The van der Waals surface area contributed by atoms with Crippen LogP contribution in [0.4, 0.5) is 22.7 Å². The maximum atomic E-state index is 11.3. The van der Waals surface area contributed by atoms with E-state index in [1.807, 2.05) is 0 Å². The van der Waals surface area contributed by atoms with Crippen LogP contribution < -0.4 is 0 Å². The number of nitrogens with zero attached hydrogens (tertiary/aromatic N) is 4. The molecule has 0 amide bonds. The van der Waals surface area contributed by atoms with Gasteiger partial charge in [-0.2, -0.15) is 0 Å². The fourth-order valence-corrected chi connectivity index (χ4v) is 2.20. The number of aromatic hydroxyl groups is 1. The van der Waals surface area contributed by atoms with Crippen LogP contribution in [-0.2, 0) is 0 Å². The van der Waals surface area contributed by atoms with E-state index in [4.69, 9.17) is 0 Å². The van der Waals surface area contributed by atoms with Crippen molar-refractivity contribution in [2.45, 2.75) is 0 Å². The topological polar surface area (TPSA) is 193 Å². The van der Waals surface area contributed by atoms with Crippen molar-refractivity contribution in [1.29, 1.82) is 0 Å². The lowest BCUT2D eigenvalue weighted by molar-refractivity contribution is -0.403. The van der Waals surface area contributed by atoms with Crippen molar-refractivity contribution in [1.82, 2.24) is 0 Å². The quantitative estimate of drug-likeness (QED) is 0.623. The fourth-order valence-electron chi connectivity index (χ4n) is 2.20. The van der Waals surface area contributed by atoms with Gasteiger partial charge < -0.3 is 5.11 Å². The Kier molecular flexibility index (Phi) is 4.23. The van der Waals surface area contributed by atoms with Gasteiger partial charge in [0, 0.05) is 6.07 Å². The van der Waals surface area contributed by atoms with Crippen molar-refractivity contribution >= 4 is 22.7 Å². The van der Waals surface area contributed by atoms with Crippen LogP contribution in [0.25, 0.3) is 11.1 Å². The fraction of sp³-hybridized carbons (Fsp3) is 0. The lowest BCUT2D eigenvalue weighted by atomic mass is 9.98. The van der Waals surface area contributed by atoms with Gasteiger partial charge in [0.25, 0.3) is 17.1 Å². The van der Waals surface area contributed by atoms with Crippen molar-refractivity contribution in [2.24, 2.45) is 0 Å². The summed E-state index contributed by atoms with van der Waals surface area (Å²) in [6.45, 7) is 0. The second-order valence-electron chi connectivity index (χ2n) is 4.53. The van der Waals surface area contributed by atoms with Crippen molar-refractivity contribution in [3.05, 3.63) is 70.8 Å². The van der Waals surface area contributed by atoms with Crippen LogP contribution in [0.15, 0.2) is 30.3 Å². The first-order valence-corrected chi connectivity index (χ1v) is 6.23. The van der Waals surface area contributed by atoms with E-state index in [1.165, 1.54) is 12.1 Å². The highest BCUT2D eigenvalue weighted by Gasteiger charge is 2.39. The molecule has 2 aromatic rings. The number of nitro benzene ring substituents is 4. The van der Waals surface area contributed by atoms with Gasteiger partial charge in [-0.3, -0.25) is 40.5 Å².